The van der Waals surface area contributed by atoms with Gasteiger partial charge in [0, 0.05) is 31.1 Å². The van der Waals surface area contributed by atoms with Crippen molar-refractivity contribution in [1.82, 2.24) is 19.1 Å². The van der Waals surface area contributed by atoms with Crippen LogP contribution in [0.25, 0.3) is 44.6 Å². The molecular weight excluding hydrogens is 472 g/mol. The Balaban J connectivity index is 1.42. The van der Waals surface area contributed by atoms with Crippen LogP contribution in [0.4, 0.5) is 0 Å². The Morgan fingerprint density at radius 1 is 0.842 bits per heavy atom. The van der Waals surface area contributed by atoms with Crippen molar-refractivity contribution in [3.63, 3.8) is 0 Å². The van der Waals surface area contributed by atoms with Gasteiger partial charge in [0.15, 0.2) is 5.75 Å². The fraction of sp³-hybridized carbons (Fsp3) is 0.188. The molecule has 6 rings (SSSR count). The lowest BCUT2D eigenvalue weighted by Gasteiger charge is -2.12. The summed E-state index contributed by atoms with van der Waals surface area (Å²) in [5.41, 5.74) is 9.54. The first-order valence-corrected chi connectivity index (χ1v) is 13.0. The molecule has 0 aliphatic rings. The van der Waals surface area contributed by atoms with Crippen LogP contribution in [0, 0.1) is 6.92 Å². The second kappa shape index (κ2) is 9.80. The summed E-state index contributed by atoms with van der Waals surface area (Å²) >= 11 is 0. The normalized spacial score (nSPS) is 11.5. The molecule has 1 N–H and O–H groups in total. The fourth-order valence-electron chi connectivity index (χ4n) is 5.32. The lowest BCUT2D eigenvalue weighted by molar-refractivity contribution is -0.137. The molecule has 4 aromatic carbocycles. The molecule has 0 aliphatic carbocycles. The minimum atomic E-state index is 0.441. The number of benzene rings is 4. The topological polar surface area (TPSA) is 65.1 Å². The van der Waals surface area contributed by atoms with Gasteiger partial charge in [-0.3, -0.25) is 0 Å². The zero-order chi connectivity index (χ0) is 26.2. The minimum absolute atomic E-state index is 0.441. The van der Waals surface area contributed by atoms with E-state index in [1.165, 1.54) is 5.56 Å². The van der Waals surface area contributed by atoms with E-state index in [-0.39, 0.29) is 0 Å². The number of aromatic nitrogens is 4. The Bertz CT molecular complexity index is 1760. The summed E-state index contributed by atoms with van der Waals surface area (Å²) in [6.07, 6.45) is 1.94. The summed E-state index contributed by atoms with van der Waals surface area (Å²) in [4.78, 5) is 14.6. The molecule has 0 atom stereocenters. The van der Waals surface area contributed by atoms with E-state index in [1.807, 2.05) is 24.3 Å². The van der Waals surface area contributed by atoms with Gasteiger partial charge in [-0.1, -0.05) is 61.5 Å². The van der Waals surface area contributed by atoms with E-state index in [4.69, 9.17) is 9.97 Å². The third kappa shape index (κ3) is 4.13. The Morgan fingerprint density at radius 3 is 2.37 bits per heavy atom. The number of fused-ring (bicyclic) bond motifs is 2. The molecule has 0 radical (unpaired) electrons. The third-order valence-electron chi connectivity index (χ3n) is 7.23. The molecule has 38 heavy (non-hydrogen) atoms. The molecule has 0 bridgehead atoms. The summed E-state index contributed by atoms with van der Waals surface area (Å²) in [6.45, 7) is 5.05. The van der Waals surface area contributed by atoms with Gasteiger partial charge >= 0.3 is 0 Å². The van der Waals surface area contributed by atoms with Crippen LogP contribution in [0.5, 0.6) is 5.75 Å². The average Bonchev–Trinajstić information content (AvgIpc) is 3.47. The molecule has 2 aromatic heterocycles. The lowest BCUT2D eigenvalue weighted by Crippen LogP contribution is -2.05. The molecule has 6 aromatic rings. The van der Waals surface area contributed by atoms with Crippen LogP contribution in [-0.4, -0.2) is 24.4 Å². The van der Waals surface area contributed by atoms with Gasteiger partial charge in [0.25, 0.3) is 0 Å². The number of hydrogen-bond acceptors (Lipinski definition) is 4. The van der Waals surface area contributed by atoms with Crippen molar-refractivity contribution in [1.29, 1.82) is 0 Å². The van der Waals surface area contributed by atoms with Crippen molar-refractivity contribution < 1.29 is 10.1 Å². The highest BCUT2D eigenvalue weighted by Gasteiger charge is 2.17. The second-order valence-corrected chi connectivity index (χ2v) is 9.79. The number of para-hydroxylation sites is 3. The van der Waals surface area contributed by atoms with Gasteiger partial charge < -0.3 is 14.0 Å². The zero-order valence-corrected chi connectivity index (χ0v) is 21.8. The van der Waals surface area contributed by atoms with Crippen LogP contribution >= 0.6 is 0 Å². The predicted molar refractivity (Wildman–Crippen MR) is 152 cm³/mol. The second-order valence-electron chi connectivity index (χ2n) is 9.79. The predicted octanol–water partition coefficient (Wildman–Crippen LogP) is 7.42. The number of nitrogens with zero attached hydrogens (tertiary/aromatic N) is 4. The van der Waals surface area contributed by atoms with E-state index in [1.54, 1.807) is 6.07 Å². The third-order valence-corrected chi connectivity index (χ3v) is 7.23. The summed E-state index contributed by atoms with van der Waals surface area (Å²) in [5, 5.41) is 9.26. The van der Waals surface area contributed by atoms with E-state index >= 15 is 0 Å². The maximum absolute atomic E-state index is 9.26. The fourth-order valence-corrected chi connectivity index (χ4v) is 5.32. The molecule has 0 saturated heterocycles. The quantitative estimate of drug-likeness (QED) is 0.182. The number of hydrogen-bond donors (Lipinski definition) is 1. The van der Waals surface area contributed by atoms with Gasteiger partial charge in [-0.25, -0.2) is 15.2 Å². The first-order chi connectivity index (χ1) is 18.6. The van der Waals surface area contributed by atoms with E-state index in [9.17, 15) is 5.26 Å². The van der Waals surface area contributed by atoms with Crippen molar-refractivity contribution in [3.05, 3.63) is 102 Å². The molecule has 0 saturated carbocycles. The monoisotopic (exact) mass is 502 g/mol. The minimum Gasteiger partial charge on any atom is -0.340 e. The number of rotatable bonds is 7. The van der Waals surface area contributed by atoms with Crippen LogP contribution in [-0.2, 0) is 20.0 Å². The van der Waals surface area contributed by atoms with Gasteiger partial charge in [-0.15, -0.1) is 0 Å². The van der Waals surface area contributed by atoms with Crippen LogP contribution in [0.3, 0.4) is 0 Å². The van der Waals surface area contributed by atoms with Gasteiger partial charge in [0.2, 0.25) is 0 Å². The number of aryl methyl sites for hydroxylation is 3. The Hall–Kier alpha value is -4.42. The molecule has 6 heteroatoms. The van der Waals surface area contributed by atoms with E-state index in [2.05, 4.69) is 89.5 Å². The van der Waals surface area contributed by atoms with Crippen LogP contribution in [0.1, 0.15) is 30.3 Å². The summed E-state index contributed by atoms with van der Waals surface area (Å²) < 4.78 is 4.51. The Labute approximate surface area is 221 Å². The Morgan fingerprint density at radius 2 is 1.61 bits per heavy atom. The molecule has 0 spiro atoms. The molecule has 0 amide bonds. The zero-order valence-electron chi connectivity index (χ0n) is 21.8. The van der Waals surface area contributed by atoms with Crippen LogP contribution in [0.15, 0.2) is 84.9 Å². The summed E-state index contributed by atoms with van der Waals surface area (Å²) in [7, 11) is 2.07. The summed E-state index contributed by atoms with van der Waals surface area (Å²) in [6, 6.07) is 28.6. The van der Waals surface area contributed by atoms with E-state index in [0.29, 0.717) is 5.75 Å². The van der Waals surface area contributed by atoms with Crippen molar-refractivity contribution in [2.24, 2.45) is 7.05 Å². The van der Waals surface area contributed by atoms with Gasteiger partial charge in [-0.2, -0.15) is 0 Å². The number of imidazole rings is 2. The van der Waals surface area contributed by atoms with Crippen molar-refractivity contribution in [2.75, 3.05) is 0 Å². The highest BCUT2D eigenvalue weighted by atomic mass is 17.1. The van der Waals surface area contributed by atoms with Crippen LogP contribution < -0.4 is 4.89 Å². The van der Waals surface area contributed by atoms with E-state index in [0.717, 1.165) is 75.4 Å². The standard InChI is InChI=1S/C32H30N4O2/c1-4-9-30-34-31-21(2)18-24(32-33-26-11-6-7-12-27(26)35(32)3)19-28(31)36(30)20-22-14-16-23(17-15-22)25-10-5-8-13-29(25)38-37/h5-8,10-19,37H,4,9,20H2,1-3H3. The van der Waals surface area contributed by atoms with Crippen molar-refractivity contribution in [3.8, 4) is 28.3 Å². The first-order valence-electron chi connectivity index (χ1n) is 13.0. The molecule has 0 unspecified atom stereocenters. The average molecular weight is 503 g/mol. The highest BCUT2D eigenvalue weighted by molar-refractivity contribution is 5.87. The molecular formula is C32H30N4O2. The SMILES string of the molecule is CCCc1nc2c(C)cc(-c3nc4ccccc4n3C)cc2n1Cc1ccc(-c2ccccc2OO)cc1. The van der Waals surface area contributed by atoms with E-state index < -0.39 is 0 Å². The van der Waals surface area contributed by atoms with Gasteiger partial charge in [0.05, 0.1) is 22.1 Å². The van der Waals surface area contributed by atoms with Gasteiger partial charge in [-0.05, 0) is 60.4 Å². The van der Waals surface area contributed by atoms with Crippen molar-refractivity contribution in [2.45, 2.75) is 33.2 Å². The molecule has 190 valence electrons. The maximum Gasteiger partial charge on any atom is 0.172 e. The molecule has 0 fully saturated rings. The maximum atomic E-state index is 9.26. The smallest absolute Gasteiger partial charge is 0.172 e. The molecule has 0 aliphatic heterocycles. The molecule has 6 nitrogen and oxygen atoms in total. The van der Waals surface area contributed by atoms with Crippen LogP contribution in [0.2, 0.25) is 0 Å². The molecule has 2 heterocycles. The first kappa shape index (κ1) is 23.9. The Kier molecular flexibility index (Phi) is 6.18. The highest BCUT2D eigenvalue weighted by Crippen LogP contribution is 2.32. The van der Waals surface area contributed by atoms with Gasteiger partial charge in [0.1, 0.15) is 11.6 Å². The largest absolute Gasteiger partial charge is 0.340 e. The lowest BCUT2D eigenvalue weighted by atomic mass is 10.0. The van der Waals surface area contributed by atoms with Crippen molar-refractivity contribution >= 4 is 22.1 Å². The summed E-state index contributed by atoms with van der Waals surface area (Å²) in [5.74, 6) is 2.49.